The molecule has 0 spiro atoms. The minimum absolute atomic E-state index is 0.156. The van der Waals surface area contributed by atoms with Crippen molar-refractivity contribution in [3.63, 3.8) is 0 Å². The van der Waals surface area contributed by atoms with Gasteiger partial charge in [-0.15, -0.1) is 0 Å². The molecular weight excluding hydrogens is 366 g/mol. The van der Waals surface area contributed by atoms with Crippen molar-refractivity contribution in [2.24, 2.45) is 5.41 Å². The van der Waals surface area contributed by atoms with E-state index in [4.69, 9.17) is 0 Å². The van der Waals surface area contributed by atoms with E-state index in [0.717, 1.165) is 0 Å². The van der Waals surface area contributed by atoms with E-state index in [2.05, 4.69) is 91.2 Å². The Morgan fingerprint density at radius 2 is 1.77 bits per heavy atom. The second kappa shape index (κ2) is 6.65. The number of allylic oxidation sites excluding steroid dienone is 1. The summed E-state index contributed by atoms with van der Waals surface area (Å²) in [6.07, 6.45) is 4.95. The maximum absolute atomic E-state index is 4.21. The summed E-state index contributed by atoms with van der Waals surface area (Å²) < 4.78 is 8.17. The fourth-order valence-electron chi connectivity index (χ4n) is 5.34. The van der Waals surface area contributed by atoms with Crippen molar-refractivity contribution in [1.29, 1.82) is 0 Å². The molecule has 0 radical (unpaired) electrons. The second-order valence-electron chi connectivity index (χ2n) is 10.8. The monoisotopic (exact) mass is 403 g/mol. The van der Waals surface area contributed by atoms with Crippen LogP contribution in [0, 0.1) is 5.41 Å². The van der Waals surface area contributed by atoms with E-state index >= 15 is 0 Å². The van der Waals surface area contributed by atoms with Crippen molar-refractivity contribution in [2.45, 2.75) is 82.2 Å². The Kier molecular flexibility index (Phi) is 5.24. The van der Waals surface area contributed by atoms with Crippen LogP contribution in [0.3, 0.4) is 0 Å². The molecule has 0 amide bonds. The maximum atomic E-state index is 4.21. The van der Waals surface area contributed by atoms with Crippen LogP contribution in [0.25, 0.3) is 6.08 Å². The number of hydrogen-bond acceptors (Lipinski definition) is 1. The second-order valence-corrected chi connectivity index (χ2v) is 19.1. The summed E-state index contributed by atoms with van der Waals surface area (Å²) in [6.45, 7) is 19.1. The average molecular weight is 404 g/mol. The molecule has 2 atom stereocenters. The van der Waals surface area contributed by atoms with Crippen molar-refractivity contribution >= 4 is 19.9 Å². The summed E-state index contributed by atoms with van der Waals surface area (Å²) in [7, 11) is 2.09. The quantitative estimate of drug-likeness (QED) is 0.702. The normalized spacial score (nSPS) is 23.4. The molecule has 0 aromatic heterocycles. The molecule has 1 aromatic rings. The Morgan fingerprint density at radius 3 is 2.27 bits per heavy atom. The Hall–Kier alpha value is -0.279. The SMILES string of the molecule is CC1=Cc2cc3c(cc2[CH]1[Ti]([CH]=[SiH2])([NH]C(C)(C)C)[CH](C)C)CC(C)(C)C3. The first-order valence-electron chi connectivity index (χ1n) is 10.2. The van der Waals surface area contributed by atoms with Crippen LogP contribution in [0.1, 0.15) is 81.9 Å². The molecule has 2 aliphatic carbocycles. The van der Waals surface area contributed by atoms with Crippen molar-refractivity contribution in [1.82, 2.24) is 3.80 Å². The molecule has 3 rings (SSSR count). The fraction of sp³-hybridized carbons (Fsp3) is 0.609. The Balaban J connectivity index is 2.13. The van der Waals surface area contributed by atoms with Gasteiger partial charge in [-0.3, -0.25) is 0 Å². The van der Waals surface area contributed by atoms with Crippen LogP contribution in [0.2, 0.25) is 4.22 Å². The molecule has 2 aliphatic rings. The van der Waals surface area contributed by atoms with Crippen LogP contribution in [0.15, 0.2) is 17.7 Å². The van der Waals surface area contributed by atoms with Crippen LogP contribution in [-0.2, 0) is 29.7 Å². The van der Waals surface area contributed by atoms with Crippen LogP contribution < -0.4 is 3.80 Å². The predicted molar refractivity (Wildman–Crippen MR) is 117 cm³/mol. The molecule has 0 heterocycles. The first-order chi connectivity index (χ1) is 11.9. The average Bonchev–Trinajstić information content (AvgIpc) is 2.94. The van der Waals surface area contributed by atoms with Gasteiger partial charge in [-0.2, -0.15) is 0 Å². The third-order valence-corrected chi connectivity index (χ3v) is 17.6. The van der Waals surface area contributed by atoms with Gasteiger partial charge in [-0.05, 0) is 0 Å². The first-order valence-corrected chi connectivity index (χ1v) is 14.5. The van der Waals surface area contributed by atoms with E-state index in [9.17, 15) is 0 Å². The van der Waals surface area contributed by atoms with Crippen LogP contribution >= 0.6 is 0 Å². The molecular formula is C23H37NSiTi. The van der Waals surface area contributed by atoms with Crippen molar-refractivity contribution in [2.75, 3.05) is 0 Å². The molecule has 2 unspecified atom stereocenters. The van der Waals surface area contributed by atoms with Crippen LogP contribution in [0.5, 0.6) is 0 Å². The van der Waals surface area contributed by atoms with E-state index in [1.807, 2.05) is 0 Å². The summed E-state index contributed by atoms with van der Waals surface area (Å²) in [5.41, 5.74) is 8.47. The van der Waals surface area contributed by atoms with Crippen LogP contribution in [0.4, 0.5) is 0 Å². The van der Waals surface area contributed by atoms with Gasteiger partial charge in [0.1, 0.15) is 0 Å². The van der Waals surface area contributed by atoms with Gasteiger partial charge in [0.05, 0.1) is 0 Å². The molecule has 0 saturated heterocycles. The van der Waals surface area contributed by atoms with Gasteiger partial charge in [-0.1, -0.05) is 0 Å². The zero-order valence-electron chi connectivity index (χ0n) is 18.1. The Labute approximate surface area is 167 Å². The van der Waals surface area contributed by atoms with Crippen molar-refractivity contribution < 1.29 is 16.8 Å². The van der Waals surface area contributed by atoms with Gasteiger partial charge >= 0.3 is 168 Å². The van der Waals surface area contributed by atoms with Gasteiger partial charge in [0.25, 0.3) is 0 Å². The van der Waals surface area contributed by atoms with E-state index in [1.54, 1.807) is 22.3 Å². The summed E-state index contributed by atoms with van der Waals surface area (Å²) in [5, 5.41) is 0. The number of nitrogens with one attached hydrogen (secondary N) is 1. The minimum atomic E-state index is -2.51. The Morgan fingerprint density at radius 1 is 1.19 bits per heavy atom. The zero-order valence-corrected chi connectivity index (χ0v) is 21.1. The van der Waals surface area contributed by atoms with Crippen LogP contribution in [-0.4, -0.2) is 19.4 Å². The molecule has 0 aliphatic heterocycles. The molecule has 142 valence electrons. The molecule has 1 nitrogen and oxygen atoms in total. The van der Waals surface area contributed by atoms with Gasteiger partial charge < -0.3 is 0 Å². The molecule has 0 bridgehead atoms. The standard InChI is InChI=1S/C15H17.C4H10N.C3H7.CH3Si.Ti/c1-10-4-11-6-13-8-15(2,3)9-14(13)7-12(11)5-10;1-4(2,3)5;1-3-2;1-2;/h4-7H,8-9H2,1-3H3;5H,1-3H3;3H,1-2H3;1H,2H2;/q;-1;;;+1. The summed E-state index contributed by atoms with van der Waals surface area (Å²) in [4.78, 5) is 0. The van der Waals surface area contributed by atoms with Gasteiger partial charge in [0.15, 0.2) is 0 Å². The predicted octanol–water partition coefficient (Wildman–Crippen LogP) is 4.95. The number of fused-ring (bicyclic) bond motifs is 2. The van der Waals surface area contributed by atoms with Crippen molar-refractivity contribution in [3.05, 3.63) is 40.0 Å². The Bertz CT molecular complexity index is 769. The van der Waals surface area contributed by atoms with E-state index in [-0.39, 0.29) is 5.54 Å². The summed E-state index contributed by atoms with van der Waals surface area (Å²) >= 11 is -2.51. The third-order valence-electron chi connectivity index (χ3n) is 6.26. The van der Waals surface area contributed by atoms with E-state index < -0.39 is 16.8 Å². The van der Waals surface area contributed by atoms with E-state index in [0.29, 0.717) is 13.9 Å². The van der Waals surface area contributed by atoms with Crippen molar-refractivity contribution in [3.8, 4) is 0 Å². The number of hydrogen-bond donors (Lipinski definition) is 1. The third kappa shape index (κ3) is 3.55. The van der Waals surface area contributed by atoms with Gasteiger partial charge in [-0.25, -0.2) is 0 Å². The summed E-state index contributed by atoms with van der Waals surface area (Å²) in [5.74, 6) is 0. The number of rotatable bonds is 4. The topological polar surface area (TPSA) is 12.0 Å². The number of benzene rings is 1. The zero-order chi connectivity index (χ0) is 19.5. The summed E-state index contributed by atoms with van der Waals surface area (Å²) in [6, 6.07) is 5.11. The molecule has 1 aromatic carbocycles. The first kappa shape index (κ1) is 20.5. The molecule has 3 heteroatoms. The fourth-order valence-corrected chi connectivity index (χ4v) is 16.2. The van der Waals surface area contributed by atoms with Gasteiger partial charge in [0, 0.05) is 0 Å². The van der Waals surface area contributed by atoms with Gasteiger partial charge in [0.2, 0.25) is 0 Å². The molecule has 0 fully saturated rings. The molecule has 26 heavy (non-hydrogen) atoms. The van der Waals surface area contributed by atoms with E-state index in [1.165, 1.54) is 18.4 Å². The molecule has 1 N–H and O–H groups in total. The molecule has 0 saturated carbocycles.